The molecule has 1 aliphatic rings. The van der Waals surface area contributed by atoms with Gasteiger partial charge in [-0.2, -0.15) is 5.10 Å². The Morgan fingerprint density at radius 3 is 2.97 bits per heavy atom. The molecule has 0 unspecified atom stereocenters. The van der Waals surface area contributed by atoms with E-state index in [1.54, 1.807) is 6.20 Å². The van der Waals surface area contributed by atoms with Crippen LogP contribution >= 0.6 is 0 Å². The van der Waals surface area contributed by atoms with Crippen LogP contribution in [0.25, 0.3) is 33.5 Å². The van der Waals surface area contributed by atoms with Crippen molar-refractivity contribution in [3.8, 4) is 22.6 Å². The second-order valence-electron chi connectivity index (χ2n) is 7.84. The number of piperidine rings is 1. The van der Waals surface area contributed by atoms with Crippen LogP contribution in [0, 0.1) is 5.92 Å². The summed E-state index contributed by atoms with van der Waals surface area (Å²) in [6.07, 6.45) is 8.91. The summed E-state index contributed by atoms with van der Waals surface area (Å²) in [5, 5.41) is 8.65. The van der Waals surface area contributed by atoms with Gasteiger partial charge in [0, 0.05) is 36.4 Å². The first kappa shape index (κ1) is 18.7. The molecular weight excluding hydrogens is 374 g/mol. The van der Waals surface area contributed by atoms with Crippen LogP contribution in [0.2, 0.25) is 0 Å². The van der Waals surface area contributed by atoms with Crippen LogP contribution < -0.4 is 10.6 Å². The molecule has 0 spiro atoms. The van der Waals surface area contributed by atoms with Crippen molar-refractivity contribution >= 4 is 16.7 Å². The van der Waals surface area contributed by atoms with E-state index in [0.717, 1.165) is 65.4 Å². The lowest BCUT2D eigenvalue weighted by molar-refractivity contribution is 0.394. The molecule has 5 rings (SSSR count). The number of aromatic amines is 1. The molecule has 0 radical (unpaired) electrons. The number of fused-ring (bicyclic) bond motifs is 1. The van der Waals surface area contributed by atoms with E-state index in [1.165, 1.54) is 12.8 Å². The van der Waals surface area contributed by atoms with Crippen molar-refractivity contribution in [2.24, 2.45) is 11.7 Å². The molecule has 1 fully saturated rings. The number of pyridine rings is 3. The third-order valence-corrected chi connectivity index (χ3v) is 5.80. The highest BCUT2D eigenvalue weighted by Gasteiger charge is 2.21. The fourth-order valence-corrected chi connectivity index (χ4v) is 4.26. The fourth-order valence-electron chi connectivity index (χ4n) is 4.26. The fraction of sp³-hybridized carbons (Fsp3) is 0.304. The van der Waals surface area contributed by atoms with Crippen molar-refractivity contribution < 1.29 is 0 Å². The zero-order valence-corrected chi connectivity index (χ0v) is 16.8. The largest absolute Gasteiger partial charge is 0.356 e. The van der Waals surface area contributed by atoms with Gasteiger partial charge >= 0.3 is 0 Å². The summed E-state index contributed by atoms with van der Waals surface area (Å²) >= 11 is 0. The quantitative estimate of drug-likeness (QED) is 0.532. The monoisotopic (exact) mass is 399 g/mol. The standard InChI is InChI=1S/C23H25N7/c24-9-8-16-4-3-11-30(15-16)22-7-1-6-19(27-22)23-18-12-20(17-5-2-10-25-13-17)26-14-21(18)28-29-23/h1-2,5-7,10,12-14,16H,3-4,8-9,11,15,24H2,(H,28,29)/t16-/m0/s1. The minimum atomic E-state index is 0.647. The van der Waals surface area contributed by atoms with E-state index in [1.807, 2.05) is 30.6 Å². The average Bonchev–Trinajstić information content (AvgIpc) is 3.23. The highest BCUT2D eigenvalue weighted by molar-refractivity contribution is 5.93. The number of nitrogens with zero attached hydrogens (tertiary/aromatic N) is 5. The molecular formula is C23H25N7. The van der Waals surface area contributed by atoms with Crippen molar-refractivity contribution in [3.63, 3.8) is 0 Å². The van der Waals surface area contributed by atoms with E-state index < -0.39 is 0 Å². The van der Waals surface area contributed by atoms with Gasteiger partial charge in [0.05, 0.1) is 23.1 Å². The Hall–Kier alpha value is -3.32. The molecule has 4 aromatic heterocycles. The van der Waals surface area contributed by atoms with Crippen LogP contribution in [0.1, 0.15) is 19.3 Å². The van der Waals surface area contributed by atoms with Gasteiger partial charge in [-0.1, -0.05) is 6.07 Å². The normalized spacial score (nSPS) is 16.8. The van der Waals surface area contributed by atoms with Crippen molar-refractivity contribution in [1.29, 1.82) is 0 Å². The second kappa shape index (κ2) is 8.20. The van der Waals surface area contributed by atoms with Crippen LogP contribution in [0.4, 0.5) is 5.82 Å². The summed E-state index contributed by atoms with van der Waals surface area (Å²) in [4.78, 5) is 16.1. The second-order valence-corrected chi connectivity index (χ2v) is 7.84. The molecule has 0 saturated carbocycles. The van der Waals surface area contributed by atoms with Crippen molar-refractivity contribution in [2.45, 2.75) is 19.3 Å². The predicted molar refractivity (Wildman–Crippen MR) is 119 cm³/mol. The van der Waals surface area contributed by atoms with E-state index in [4.69, 9.17) is 10.7 Å². The minimum Gasteiger partial charge on any atom is -0.356 e. The summed E-state index contributed by atoms with van der Waals surface area (Å²) in [7, 11) is 0. The van der Waals surface area contributed by atoms with Gasteiger partial charge in [-0.25, -0.2) is 4.98 Å². The lowest BCUT2D eigenvalue weighted by atomic mass is 9.95. The Kier molecular flexibility index (Phi) is 5.11. The predicted octanol–water partition coefficient (Wildman–Crippen LogP) is 3.65. The molecule has 0 aliphatic carbocycles. The average molecular weight is 400 g/mol. The van der Waals surface area contributed by atoms with Gasteiger partial charge in [0.1, 0.15) is 11.5 Å². The molecule has 0 bridgehead atoms. The number of hydrogen-bond donors (Lipinski definition) is 2. The summed E-state index contributed by atoms with van der Waals surface area (Å²) in [6, 6.07) is 12.1. The zero-order valence-electron chi connectivity index (χ0n) is 16.8. The maximum absolute atomic E-state index is 5.78. The molecule has 30 heavy (non-hydrogen) atoms. The first-order chi connectivity index (χ1) is 14.8. The van der Waals surface area contributed by atoms with Gasteiger partial charge in [0.25, 0.3) is 0 Å². The number of anilines is 1. The number of nitrogens with one attached hydrogen (secondary N) is 1. The van der Waals surface area contributed by atoms with Gasteiger partial charge < -0.3 is 10.6 Å². The molecule has 7 heteroatoms. The SMILES string of the molecule is NCC[C@@H]1CCCN(c2cccc(-c3n[nH]c4cnc(-c5cccnc5)cc34)n2)C1. The summed E-state index contributed by atoms with van der Waals surface area (Å²) in [5.74, 6) is 1.65. The number of H-pyrrole nitrogens is 1. The van der Waals surface area contributed by atoms with E-state index >= 15 is 0 Å². The third kappa shape index (κ3) is 3.64. The highest BCUT2D eigenvalue weighted by Crippen LogP contribution is 2.30. The topological polar surface area (TPSA) is 96.6 Å². The zero-order chi connectivity index (χ0) is 20.3. The van der Waals surface area contributed by atoms with Crippen LogP contribution in [0.5, 0.6) is 0 Å². The van der Waals surface area contributed by atoms with Gasteiger partial charge in [-0.05, 0) is 62.1 Å². The van der Waals surface area contributed by atoms with E-state index in [9.17, 15) is 0 Å². The molecule has 1 saturated heterocycles. The van der Waals surface area contributed by atoms with Crippen molar-refractivity contribution in [3.05, 3.63) is 55.0 Å². The van der Waals surface area contributed by atoms with Crippen molar-refractivity contribution in [2.75, 3.05) is 24.5 Å². The third-order valence-electron chi connectivity index (χ3n) is 5.80. The number of rotatable bonds is 5. The van der Waals surface area contributed by atoms with Crippen LogP contribution in [-0.4, -0.2) is 44.8 Å². The van der Waals surface area contributed by atoms with E-state index in [0.29, 0.717) is 5.92 Å². The number of aromatic nitrogens is 5. The van der Waals surface area contributed by atoms with Crippen LogP contribution in [-0.2, 0) is 0 Å². The molecule has 7 nitrogen and oxygen atoms in total. The molecule has 1 atom stereocenters. The molecule has 4 aromatic rings. The lowest BCUT2D eigenvalue weighted by Crippen LogP contribution is -2.36. The number of nitrogens with two attached hydrogens (primary N) is 1. The lowest BCUT2D eigenvalue weighted by Gasteiger charge is -2.33. The van der Waals surface area contributed by atoms with Gasteiger partial charge in [0.2, 0.25) is 0 Å². The Labute approximate surface area is 175 Å². The van der Waals surface area contributed by atoms with Crippen LogP contribution in [0.3, 0.4) is 0 Å². The van der Waals surface area contributed by atoms with Gasteiger partial charge in [-0.3, -0.25) is 15.1 Å². The maximum Gasteiger partial charge on any atom is 0.129 e. The molecule has 1 aliphatic heterocycles. The Morgan fingerprint density at radius 1 is 1.13 bits per heavy atom. The van der Waals surface area contributed by atoms with Gasteiger partial charge in [-0.15, -0.1) is 0 Å². The minimum absolute atomic E-state index is 0.647. The summed E-state index contributed by atoms with van der Waals surface area (Å²) in [6.45, 7) is 2.80. The van der Waals surface area contributed by atoms with E-state index in [2.05, 4.69) is 43.3 Å². The molecule has 5 heterocycles. The summed E-state index contributed by atoms with van der Waals surface area (Å²) < 4.78 is 0. The molecule has 0 amide bonds. The number of hydrogen-bond acceptors (Lipinski definition) is 6. The highest BCUT2D eigenvalue weighted by atomic mass is 15.2. The Balaban J connectivity index is 1.49. The summed E-state index contributed by atoms with van der Waals surface area (Å²) in [5.41, 5.74) is 10.2. The van der Waals surface area contributed by atoms with Crippen molar-refractivity contribution in [1.82, 2.24) is 25.1 Å². The molecule has 3 N–H and O–H groups in total. The maximum atomic E-state index is 5.78. The van der Waals surface area contributed by atoms with Crippen LogP contribution in [0.15, 0.2) is 55.0 Å². The Morgan fingerprint density at radius 2 is 2.10 bits per heavy atom. The molecule has 152 valence electrons. The molecule has 0 aromatic carbocycles. The Bertz CT molecular complexity index is 1140. The van der Waals surface area contributed by atoms with Gasteiger partial charge in [0.15, 0.2) is 0 Å². The first-order valence-electron chi connectivity index (χ1n) is 10.5. The first-order valence-corrected chi connectivity index (χ1v) is 10.5. The smallest absolute Gasteiger partial charge is 0.129 e. The van der Waals surface area contributed by atoms with E-state index in [-0.39, 0.29) is 0 Å².